The highest BCUT2D eigenvalue weighted by molar-refractivity contribution is 14.0. The zero-order valence-corrected chi connectivity index (χ0v) is 19.8. The molecule has 2 aromatic rings. The maximum atomic E-state index is 13.6. The minimum Gasteiger partial charge on any atom is -0.478 e. The molecule has 29 heavy (non-hydrogen) atoms. The van der Waals surface area contributed by atoms with Crippen LogP contribution in [0.2, 0.25) is 0 Å². The zero-order valence-electron chi connectivity index (χ0n) is 16.6. The largest absolute Gasteiger partial charge is 0.478 e. The van der Waals surface area contributed by atoms with Gasteiger partial charge in [-0.3, -0.25) is 4.99 Å². The van der Waals surface area contributed by atoms with E-state index < -0.39 is 15.7 Å². The van der Waals surface area contributed by atoms with Crippen molar-refractivity contribution in [3.63, 3.8) is 0 Å². The standard InChI is InChI=1S/C19H25FN4O3S.HI/c1-4-27-18-14(6-5-9-22-18)11-23-19(21-2)24-12-16-10-17(20)8-7-15(16)13-28(3,25)26;/h5-10H,4,11-13H2,1-3H3,(H2,21,23,24);1H. The first kappa shape index (κ1) is 25.1. The number of ether oxygens (including phenoxy) is 1. The summed E-state index contributed by atoms with van der Waals surface area (Å²) in [6.07, 6.45) is 2.81. The minimum absolute atomic E-state index is 0. The number of nitrogens with zero attached hydrogens (tertiary/aromatic N) is 2. The van der Waals surface area contributed by atoms with Crippen LogP contribution < -0.4 is 15.4 Å². The highest BCUT2D eigenvalue weighted by Crippen LogP contribution is 2.15. The Morgan fingerprint density at radius 1 is 1.17 bits per heavy atom. The van der Waals surface area contributed by atoms with E-state index >= 15 is 0 Å². The molecule has 0 bridgehead atoms. The number of rotatable bonds is 8. The normalized spacial score (nSPS) is 11.5. The van der Waals surface area contributed by atoms with E-state index in [1.54, 1.807) is 13.2 Å². The molecule has 7 nitrogen and oxygen atoms in total. The van der Waals surface area contributed by atoms with Gasteiger partial charge in [-0.1, -0.05) is 12.1 Å². The lowest BCUT2D eigenvalue weighted by Crippen LogP contribution is -2.36. The third kappa shape index (κ3) is 8.52. The Morgan fingerprint density at radius 3 is 2.48 bits per heavy atom. The quantitative estimate of drug-likeness (QED) is 0.306. The topological polar surface area (TPSA) is 92.7 Å². The molecule has 0 amide bonds. The number of nitrogens with one attached hydrogen (secondary N) is 2. The van der Waals surface area contributed by atoms with Crippen LogP contribution in [0, 0.1) is 5.82 Å². The molecular weight excluding hydrogens is 510 g/mol. The third-order valence-corrected chi connectivity index (χ3v) is 4.67. The van der Waals surface area contributed by atoms with Crippen molar-refractivity contribution in [2.45, 2.75) is 25.8 Å². The van der Waals surface area contributed by atoms with Gasteiger partial charge in [0.15, 0.2) is 15.8 Å². The summed E-state index contributed by atoms with van der Waals surface area (Å²) in [5, 5.41) is 6.22. The summed E-state index contributed by atoms with van der Waals surface area (Å²) in [6, 6.07) is 7.80. The van der Waals surface area contributed by atoms with Crippen LogP contribution in [0.3, 0.4) is 0 Å². The molecule has 2 N–H and O–H groups in total. The van der Waals surface area contributed by atoms with Crippen LogP contribution in [0.25, 0.3) is 0 Å². The van der Waals surface area contributed by atoms with Gasteiger partial charge in [0, 0.05) is 38.2 Å². The van der Waals surface area contributed by atoms with E-state index in [1.165, 1.54) is 18.2 Å². The fourth-order valence-electron chi connectivity index (χ4n) is 2.59. The SMILES string of the molecule is CCOc1ncccc1CNC(=NC)NCc1cc(F)ccc1CS(C)(=O)=O.I. The molecule has 2 rings (SSSR count). The number of aliphatic imine (C=N–C) groups is 1. The fourth-order valence-corrected chi connectivity index (χ4v) is 3.43. The van der Waals surface area contributed by atoms with E-state index in [0.29, 0.717) is 36.1 Å². The molecule has 1 aromatic carbocycles. The summed E-state index contributed by atoms with van der Waals surface area (Å²) in [5.41, 5.74) is 1.98. The second-order valence-corrected chi connectivity index (χ2v) is 8.30. The summed E-state index contributed by atoms with van der Waals surface area (Å²) in [7, 11) is -1.61. The smallest absolute Gasteiger partial charge is 0.218 e. The lowest BCUT2D eigenvalue weighted by atomic mass is 10.1. The van der Waals surface area contributed by atoms with E-state index in [1.807, 2.05) is 19.1 Å². The molecule has 0 unspecified atom stereocenters. The van der Waals surface area contributed by atoms with Gasteiger partial charge in [-0.05, 0) is 36.2 Å². The number of benzene rings is 1. The second-order valence-electron chi connectivity index (χ2n) is 6.16. The molecule has 0 radical (unpaired) electrons. The predicted molar refractivity (Wildman–Crippen MR) is 123 cm³/mol. The molecule has 0 saturated heterocycles. The molecule has 1 aromatic heterocycles. The number of hydrogen-bond donors (Lipinski definition) is 2. The zero-order chi connectivity index (χ0) is 20.6. The van der Waals surface area contributed by atoms with Crippen LogP contribution in [-0.2, 0) is 28.7 Å². The Hall–Kier alpha value is -1.95. The summed E-state index contributed by atoms with van der Waals surface area (Å²) in [4.78, 5) is 8.34. The second kappa shape index (κ2) is 11.9. The molecule has 0 aliphatic heterocycles. The van der Waals surface area contributed by atoms with Crippen molar-refractivity contribution in [2.75, 3.05) is 19.9 Å². The molecule has 160 valence electrons. The molecule has 10 heteroatoms. The summed E-state index contributed by atoms with van der Waals surface area (Å²) in [6.45, 7) is 3.06. The van der Waals surface area contributed by atoms with Gasteiger partial charge in [-0.15, -0.1) is 24.0 Å². The van der Waals surface area contributed by atoms with Crippen LogP contribution in [0.15, 0.2) is 41.5 Å². The summed E-state index contributed by atoms with van der Waals surface area (Å²) >= 11 is 0. The third-order valence-electron chi connectivity index (χ3n) is 3.83. The van der Waals surface area contributed by atoms with E-state index in [4.69, 9.17) is 4.74 Å². The first-order valence-corrected chi connectivity index (χ1v) is 10.8. The highest BCUT2D eigenvalue weighted by atomic mass is 127. The Morgan fingerprint density at radius 2 is 1.86 bits per heavy atom. The maximum Gasteiger partial charge on any atom is 0.218 e. The average molecular weight is 536 g/mol. The van der Waals surface area contributed by atoms with Gasteiger partial charge in [0.1, 0.15) is 5.82 Å². The van der Waals surface area contributed by atoms with E-state index in [9.17, 15) is 12.8 Å². The van der Waals surface area contributed by atoms with Crippen molar-refractivity contribution in [2.24, 2.45) is 4.99 Å². The van der Waals surface area contributed by atoms with Crippen molar-refractivity contribution in [3.05, 3.63) is 59.0 Å². The number of sulfone groups is 1. The molecule has 0 aliphatic rings. The van der Waals surface area contributed by atoms with Gasteiger partial charge in [0.2, 0.25) is 5.88 Å². The minimum atomic E-state index is -3.23. The Bertz CT molecular complexity index is 939. The molecule has 0 saturated carbocycles. The van der Waals surface area contributed by atoms with Crippen molar-refractivity contribution in [3.8, 4) is 5.88 Å². The van der Waals surface area contributed by atoms with E-state index in [0.717, 1.165) is 11.8 Å². The van der Waals surface area contributed by atoms with Gasteiger partial charge in [0.25, 0.3) is 0 Å². The van der Waals surface area contributed by atoms with Crippen LogP contribution in [0.5, 0.6) is 5.88 Å². The Kier molecular flexibility index (Phi) is 10.3. The van der Waals surface area contributed by atoms with Crippen molar-refractivity contribution < 1.29 is 17.5 Å². The lowest BCUT2D eigenvalue weighted by molar-refractivity contribution is 0.322. The number of pyridine rings is 1. The summed E-state index contributed by atoms with van der Waals surface area (Å²) in [5.74, 6) is 0.465. The molecule has 0 aliphatic carbocycles. The molecule has 0 atom stereocenters. The highest BCUT2D eigenvalue weighted by Gasteiger charge is 2.11. The fraction of sp³-hybridized carbons (Fsp3) is 0.368. The van der Waals surface area contributed by atoms with Crippen molar-refractivity contribution >= 4 is 39.8 Å². The van der Waals surface area contributed by atoms with Gasteiger partial charge < -0.3 is 15.4 Å². The molecule has 0 fully saturated rings. The molecule has 0 spiro atoms. The molecule has 1 heterocycles. The van der Waals surface area contributed by atoms with Crippen molar-refractivity contribution in [1.82, 2.24) is 15.6 Å². The van der Waals surface area contributed by atoms with Crippen LogP contribution in [0.4, 0.5) is 4.39 Å². The predicted octanol–water partition coefficient (Wildman–Crippen LogP) is 2.65. The Balaban J connectivity index is 0.00000420. The van der Waals surface area contributed by atoms with Gasteiger partial charge in [0.05, 0.1) is 12.4 Å². The van der Waals surface area contributed by atoms with E-state index in [-0.39, 0.29) is 36.3 Å². The number of halogens is 2. The van der Waals surface area contributed by atoms with Gasteiger partial charge >= 0.3 is 0 Å². The van der Waals surface area contributed by atoms with E-state index in [2.05, 4.69) is 20.6 Å². The van der Waals surface area contributed by atoms with Gasteiger partial charge in [-0.25, -0.2) is 17.8 Å². The maximum absolute atomic E-state index is 13.6. The van der Waals surface area contributed by atoms with Gasteiger partial charge in [-0.2, -0.15) is 0 Å². The Labute approximate surface area is 188 Å². The first-order chi connectivity index (χ1) is 13.3. The molecular formula is C19H26FIN4O3S. The lowest BCUT2D eigenvalue weighted by Gasteiger charge is -2.15. The van der Waals surface area contributed by atoms with Crippen molar-refractivity contribution in [1.29, 1.82) is 0 Å². The van der Waals surface area contributed by atoms with Crippen LogP contribution >= 0.6 is 24.0 Å². The number of hydrogen-bond acceptors (Lipinski definition) is 5. The van der Waals surface area contributed by atoms with Crippen LogP contribution in [-0.4, -0.2) is 39.3 Å². The number of guanidine groups is 1. The first-order valence-electron chi connectivity index (χ1n) is 8.78. The monoisotopic (exact) mass is 536 g/mol. The van der Waals surface area contributed by atoms with Crippen LogP contribution in [0.1, 0.15) is 23.6 Å². The average Bonchev–Trinajstić information content (AvgIpc) is 2.64. The number of aromatic nitrogens is 1. The summed E-state index contributed by atoms with van der Waals surface area (Å²) < 4.78 is 42.3.